The Labute approximate surface area is 250 Å². The third kappa shape index (κ3) is 6.30. The van der Waals surface area contributed by atoms with Gasteiger partial charge in [-0.05, 0) is 43.3 Å². The van der Waals surface area contributed by atoms with Gasteiger partial charge in [-0.25, -0.2) is 19.2 Å². The van der Waals surface area contributed by atoms with Crippen molar-refractivity contribution < 1.29 is 33.3 Å². The molecule has 220 valence electrons. The van der Waals surface area contributed by atoms with Gasteiger partial charge in [-0.15, -0.1) is 12.6 Å². The van der Waals surface area contributed by atoms with Gasteiger partial charge in [0.15, 0.2) is 23.4 Å². The molecule has 11 nitrogen and oxygen atoms in total. The number of hydrogen-bond acceptors (Lipinski definition) is 10. The fourth-order valence-electron chi connectivity index (χ4n) is 4.69. The standard InChI is InChI=1S/C31H26N2O9S/c1-31(42-27(37)21-15-9-4-10-16-21)24(40-25(35)19-11-5-2-6-12-19)23(28(43)41-26(36)20-13-7-3-8-14-20)39-29(31)33-18-17-22(34)32-30(33)38/h2-18,23-24,28-29,43H,1H3,(H,32,34,38). The Morgan fingerprint density at radius 3 is 1.86 bits per heavy atom. The van der Waals surface area contributed by atoms with E-state index in [4.69, 9.17) is 18.9 Å². The minimum Gasteiger partial charge on any atom is -0.451 e. The van der Waals surface area contributed by atoms with Crippen molar-refractivity contribution in [2.24, 2.45) is 0 Å². The number of esters is 3. The Morgan fingerprint density at radius 1 is 0.814 bits per heavy atom. The lowest BCUT2D eigenvalue weighted by atomic mass is 9.95. The number of thiol groups is 1. The molecule has 43 heavy (non-hydrogen) atoms. The molecular formula is C31H26N2O9S. The summed E-state index contributed by atoms with van der Waals surface area (Å²) in [4.78, 5) is 66.6. The Hall–Kier alpha value is -4.94. The molecule has 0 spiro atoms. The molecule has 0 radical (unpaired) electrons. The minimum absolute atomic E-state index is 0.172. The van der Waals surface area contributed by atoms with Crippen molar-refractivity contribution in [3.8, 4) is 0 Å². The lowest BCUT2D eigenvalue weighted by molar-refractivity contribution is -0.111. The van der Waals surface area contributed by atoms with Crippen LogP contribution in [0, 0.1) is 0 Å². The first-order chi connectivity index (χ1) is 20.7. The summed E-state index contributed by atoms with van der Waals surface area (Å²) in [5.74, 6) is -2.36. The molecular weight excluding hydrogens is 576 g/mol. The Balaban J connectivity index is 1.58. The van der Waals surface area contributed by atoms with Gasteiger partial charge in [0, 0.05) is 12.3 Å². The maximum Gasteiger partial charge on any atom is 0.339 e. The van der Waals surface area contributed by atoms with E-state index in [0.29, 0.717) is 0 Å². The maximum atomic E-state index is 13.4. The number of nitrogens with zero attached hydrogens (tertiary/aromatic N) is 1. The third-order valence-corrected chi connectivity index (χ3v) is 7.23. The van der Waals surface area contributed by atoms with Crippen molar-refractivity contribution in [1.29, 1.82) is 0 Å². The number of carbonyl (C=O) groups is 3. The fourth-order valence-corrected chi connectivity index (χ4v) is 5.02. The molecule has 0 aliphatic carbocycles. The van der Waals surface area contributed by atoms with E-state index in [1.54, 1.807) is 66.7 Å². The van der Waals surface area contributed by atoms with E-state index in [1.807, 2.05) is 0 Å². The Kier molecular flexibility index (Phi) is 8.60. The average Bonchev–Trinajstić information content (AvgIpc) is 3.29. The number of benzene rings is 3. The van der Waals surface area contributed by atoms with E-state index in [0.717, 1.165) is 16.8 Å². The van der Waals surface area contributed by atoms with Crippen LogP contribution in [-0.2, 0) is 18.9 Å². The lowest BCUT2D eigenvalue weighted by Crippen LogP contribution is -2.52. The number of aromatic amines is 1. The van der Waals surface area contributed by atoms with E-state index in [9.17, 15) is 24.0 Å². The van der Waals surface area contributed by atoms with Crippen LogP contribution in [0.15, 0.2) is 113 Å². The van der Waals surface area contributed by atoms with E-state index >= 15 is 0 Å². The molecule has 1 saturated heterocycles. The van der Waals surface area contributed by atoms with Crippen LogP contribution in [0.5, 0.6) is 0 Å². The smallest absolute Gasteiger partial charge is 0.339 e. The molecule has 5 atom stereocenters. The highest BCUT2D eigenvalue weighted by Gasteiger charge is 2.62. The summed E-state index contributed by atoms with van der Waals surface area (Å²) < 4.78 is 24.7. The zero-order valence-electron chi connectivity index (χ0n) is 22.7. The normalized spacial score (nSPS) is 21.9. The van der Waals surface area contributed by atoms with E-state index in [1.165, 1.54) is 31.2 Å². The van der Waals surface area contributed by atoms with Gasteiger partial charge < -0.3 is 18.9 Å². The molecule has 5 unspecified atom stereocenters. The van der Waals surface area contributed by atoms with Crippen LogP contribution in [0.1, 0.15) is 44.2 Å². The van der Waals surface area contributed by atoms with Crippen molar-refractivity contribution in [3.05, 3.63) is 141 Å². The second kappa shape index (κ2) is 12.5. The molecule has 5 rings (SSSR count). The summed E-state index contributed by atoms with van der Waals surface area (Å²) in [5.41, 5.74) is -4.27. The van der Waals surface area contributed by atoms with Crippen LogP contribution in [0.2, 0.25) is 0 Å². The minimum atomic E-state index is -1.91. The van der Waals surface area contributed by atoms with E-state index in [-0.39, 0.29) is 16.7 Å². The van der Waals surface area contributed by atoms with Gasteiger partial charge in [0.1, 0.15) is 6.10 Å². The maximum absolute atomic E-state index is 13.4. The van der Waals surface area contributed by atoms with Crippen molar-refractivity contribution in [3.63, 3.8) is 0 Å². The van der Waals surface area contributed by atoms with Gasteiger partial charge in [0.2, 0.25) is 0 Å². The van der Waals surface area contributed by atoms with Crippen LogP contribution in [-0.4, -0.2) is 50.7 Å². The predicted octanol–water partition coefficient (Wildman–Crippen LogP) is 3.39. The summed E-state index contributed by atoms with van der Waals surface area (Å²) >= 11 is 4.47. The number of carbonyl (C=O) groups excluding carboxylic acids is 3. The van der Waals surface area contributed by atoms with Gasteiger partial charge in [0.05, 0.1) is 16.7 Å². The van der Waals surface area contributed by atoms with Crippen LogP contribution >= 0.6 is 12.6 Å². The molecule has 1 aliphatic rings. The van der Waals surface area contributed by atoms with Crippen molar-refractivity contribution >= 4 is 30.5 Å². The number of ether oxygens (including phenoxy) is 4. The predicted molar refractivity (Wildman–Crippen MR) is 156 cm³/mol. The van der Waals surface area contributed by atoms with Gasteiger partial charge >= 0.3 is 23.6 Å². The summed E-state index contributed by atoms with van der Waals surface area (Å²) in [7, 11) is 0. The Bertz CT molecular complexity index is 1730. The highest BCUT2D eigenvalue weighted by atomic mass is 32.1. The van der Waals surface area contributed by atoms with Crippen LogP contribution in [0.25, 0.3) is 0 Å². The second-order valence-electron chi connectivity index (χ2n) is 9.76. The Morgan fingerprint density at radius 2 is 1.33 bits per heavy atom. The van der Waals surface area contributed by atoms with Gasteiger partial charge in [-0.3, -0.25) is 14.3 Å². The number of aromatic nitrogens is 2. The van der Waals surface area contributed by atoms with Crippen molar-refractivity contribution in [2.45, 2.75) is 36.4 Å². The average molecular weight is 603 g/mol. The SMILES string of the molecule is CC1(OC(=O)c2ccccc2)C(OC(=O)c2ccccc2)C(C(S)OC(=O)c2ccccc2)OC1n1ccc(=O)[nH]c1=O. The molecule has 1 aromatic heterocycles. The largest absolute Gasteiger partial charge is 0.451 e. The zero-order chi connectivity index (χ0) is 30.6. The molecule has 1 aliphatic heterocycles. The van der Waals surface area contributed by atoms with Crippen LogP contribution < -0.4 is 11.2 Å². The topological polar surface area (TPSA) is 143 Å². The van der Waals surface area contributed by atoms with Gasteiger partial charge in [-0.1, -0.05) is 54.6 Å². The summed E-state index contributed by atoms with van der Waals surface area (Å²) in [6.07, 6.45) is -3.14. The first kappa shape index (κ1) is 29.5. The zero-order valence-corrected chi connectivity index (χ0v) is 23.6. The van der Waals surface area contributed by atoms with Crippen molar-refractivity contribution in [2.75, 3.05) is 0 Å². The molecule has 4 aromatic rings. The molecule has 1 fully saturated rings. The fraction of sp³-hybridized carbons (Fsp3) is 0.194. The molecule has 1 N–H and O–H groups in total. The lowest BCUT2D eigenvalue weighted by Gasteiger charge is -2.35. The number of hydrogen-bond donors (Lipinski definition) is 2. The molecule has 0 amide bonds. The highest BCUT2D eigenvalue weighted by Crippen LogP contribution is 2.45. The summed E-state index contributed by atoms with van der Waals surface area (Å²) in [5, 5.41) is 0. The van der Waals surface area contributed by atoms with Gasteiger partial charge in [-0.2, -0.15) is 0 Å². The molecule has 0 saturated carbocycles. The summed E-state index contributed by atoms with van der Waals surface area (Å²) in [6.45, 7) is 1.42. The monoisotopic (exact) mass is 602 g/mol. The number of rotatable bonds is 8. The van der Waals surface area contributed by atoms with E-state index < -0.39 is 58.6 Å². The highest BCUT2D eigenvalue weighted by molar-refractivity contribution is 7.80. The first-order valence-electron chi connectivity index (χ1n) is 13.1. The molecule has 0 bridgehead atoms. The van der Waals surface area contributed by atoms with Crippen molar-refractivity contribution in [1.82, 2.24) is 9.55 Å². The van der Waals surface area contributed by atoms with Crippen LogP contribution in [0.4, 0.5) is 0 Å². The number of H-pyrrole nitrogens is 1. The second-order valence-corrected chi connectivity index (χ2v) is 10.3. The summed E-state index contributed by atoms with van der Waals surface area (Å²) in [6, 6.07) is 25.3. The quantitative estimate of drug-likeness (QED) is 0.134. The van der Waals surface area contributed by atoms with E-state index in [2.05, 4.69) is 17.6 Å². The first-order valence-corrected chi connectivity index (χ1v) is 13.6. The third-order valence-electron chi connectivity index (χ3n) is 6.83. The molecule has 12 heteroatoms. The van der Waals surface area contributed by atoms with Gasteiger partial charge in [0.25, 0.3) is 5.56 Å². The number of nitrogens with one attached hydrogen (secondary N) is 1. The molecule has 2 heterocycles. The molecule has 3 aromatic carbocycles. The van der Waals surface area contributed by atoms with Crippen LogP contribution in [0.3, 0.4) is 0 Å².